The van der Waals surface area contributed by atoms with Crippen LogP contribution >= 0.6 is 0 Å². The van der Waals surface area contributed by atoms with Crippen molar-refractivity contribution in [3.05, 3.63) is 24.3 Å². The Bertz CT molecular complexity index is 480. The lowest BCUT2D eigenvalue weighted by molar-refractivity contribution is -0.135. The van der Waals surface area contributed by atoms with E-state index in [9.17, 15) is 4.79 Å². The van der Waals surface area contributed by atoms with Crippen LogP contribution < -0.4 is 9.47 Å². The van der Waals surface area contributed by atoms with Gasteiger partial charge in [-0.3, -0.25) is 9.69 Å². The molecular formula is C18H28N2O3. The van der Waals surface area contributed by atoms with E-state index >= 15 is 0 Å². The van der Waals surface area contributed by atoms with E-state index in [1.165, 1.54) is 0 Å². The second-order valence-electron chi connectivity index (χ2n) is 6.27. The summed E-state index contributed by atoms with van der Waals surface area (Å²) in [5.74, 6) is 2.23. The van der Waals surface area contributed by atoms with Crippen molar-refractivity contribution in [2.45, 2.75) is 20.8 Å². The molecule has 1 saturated heterocycles. The smallest absolute Gasteiger partial charge is 0.260 e. The van der Waals surface area contributed by atoms with Gasteiger partial charge in [-0.2, -0.15) is 0 Å². The van der Waals surface area contributed by atoms with Gasteiger partial charge in [-0.15, -0.1) is 0 Å². The van der Waals surface area contributed by atoms with Crippen molar-refractivity contribution < 1.29 is 14.3 Å². The van der Waals surface area contributed by atoms with Gasteiger partial charge in [-0.1, -0.05) is 13.8 Å². The van der Waals surface area contributed by atoms with Gasteiger partial charge >= 0.3 is 0 Å². The molecule has 5 heteroatoms. The van der Waals surface area contributed by atoms with Crippen LogP contribution in [0, 0.1) is 5.92 Å². The number of hydrogen-bond acceptors (Lipinski definition) is 4. The first-order chi connectivity index (χ1) is 11.1. The lowest BCUT2D eigenvalue weighted by Crippen LogP contribution is -2.50. The summed E-state index contributed by atoms with van der Waals surface area (Å²) in [5.41, 5.74) is 0. The second-order valence-corrected chi connectivity index (χ2v) is 6.27. The van der Waals surface area contributed by atoms with Gasteiger partial charge in [0, 0.05) is 32.7 Å². The van der Waals surface area contributed by atoms with Gasteiger partial charge in [0.1, 0.15) is 11.5 Å². The molecule has 1 heterocycles. The molecule has 1 aromatic carbocycles. The molecule has 0 radical (unpaired) electrons. The highest BCUT2D eigenvalue weighted by Gasteiger charge is 2.21. The largest absolute Gasteiger partial charge is 0.494 e. The SMILES string of the molecule is CCOc1ccc(OCC(=O)N2CCN(CC(C)C)CC2)cc1. The fourth-order valence-electron chi connectivity index (χ4n) is 2.73. The average Bonchev–Trinajstić information content (AvgIpc) is 2.54. The molecule has 5 nitrogen and oxygen atoms in total. The van der Waals surface area contributed by atoms with Crippen molar-refractivity contribution in [3.8, 4) is 11.5 Å². The molecule has 1 amide bonds. The molecular weight excluding hydrogens is 292 g/mol. The molecule has 1 aromatic rings. The number of carbonyl (C=O) groups excluding carboxylic acids is 1. The topological polar surface area (TPSA) is 42.0 Å². The lowest BCUT2D eigenvalue weighted by atomic mass is 10.2. The van der Waals surface area contributed by atoms with Crippen LogP contribution in [-0.4, -0.2) is 61.6 Å². The first-order valence-electron chi connectivity index (χ1n) is 8.44. The van der Waals surface area contributed by atoms with Crippen molar-refractivity contribution >= 4 is 5.91 Å². The summed E-state index contributed by atoms with van der Waals surface area (Å²) in [6.45, 7) is 11.7. The Hall–Kier alpha value is -1.75. The van der Waals surface area contributed by atoms with Crippen LogP contribution in [0.1, 0.15) is 20.8 Å². The highest BCUT2D eigenvalue weighted by molar-refractivity contribution is 5.77. The molecule has 1 fully saturated rings. The van der Waals surface area contributed by atoms with Crippen LogP contribution in [0.15, 0.2) is 24.3 Å². The second kappa shape index (κ2) is 8.77. The zero-order chi connectivity index (χ0) is 16.7. The van der Waals surface area contributed by atoms with E-state index < -0.39 is 0 Å². The summed E-state index contributed by atoms with van der Waals surface area (Å²) in [6.07, 6.45) is 0. The van der Waals surface area contributed by atoms with Crippen LogP contribution in [0.3, 0.4) is 0 Å². The van der Waals surface area contributed by atoms with E-state index in [1.807, 2.05) is 36.1 Å². The number of ether oxygens (including phenoxy) is 2. The quantitative estimate of drug-likeness (QED) is 0.773. The first-order valence-corrected chi connectivity index (χ1v) is 8.44. The van der Waals surface area contributed by atoms with E-state index in [-0.39, 0.29) is 12.5 Å². The zero-order valence-corrected chi connectivity index (χ0v) is 14.5. The molecule has 1 aliphatic rings. The number of hydrogen-bond donors (Lipinski definition) is 0. The molecule has 0 N–H and O–H groups in total. The average molecular weight is 320 g/mol. The van der Waals surface area contributed by atoms with Crippen LogP contribution in [0.2, 0.25) is 0 Å². The maximum atomic E-state index is 12.2. The highest BCUT2D eigenvalue weighted by atomic mass is 16.5. The maximum Gasteiger partial charge on any atom is 0.260 e. The Morgan fingerprint density at radius 3 is 2.13 bits per heavy atom. The van der Waals surface area contributed by atoms with Crippen LogP contribution in [-0.2, 0) is 4.79 Å². The number of carbonyl (C=O) groups is 1. The predicted molar refractivity (Wildman–Crippen MR) is 91.0 cm³/mol. The van der Waals surface area contributed by atoms with Crippen molar-refractivity contribution in [3.63, 3.8) is 0 Å². The van der Waals surface area contributed by atoms with Crippen molar-refractivity contribution in [2.75, 3.05) is 45.9 Å². The Morgan fingerprint density at radius 1 is 1.04 bits per heavy atom. The molecule has 0 aromatic heterocycles. The Kier molecular flexibility index (Phi) is 6.71. The minimum atomic E-state index is 0.0584. The third-order valence-corrected chi connectivity index (χ3v) is 3.85. The van der Waals surface area contributed by atoms with E-state index in [0.29, 0.717) is 18.3 Å². The Morgan fingerprint density at radius 2 is 1.61 bits per heavy atom. The summed E-state index contributed by atoms with van der Waals surface area (Å²) in [7, 11) is 0. The van der Waals surface area contributed by atoms with Crippen molar-refractivity contribution in [1.82, 2.24) is 9.80 Å². The third-order valence-electron chi connectivity index (χ3n) is 3.85. The van der Waals surface area contributed by atoms with Crippen LogP contribution in [0.5, 0.6) is 11.5 Å². The van der Waals surface area contributed by atoms with E-state index in [0.717, 1.165) is 38.5 Å². The number of rotatable bonds is 7. The van der Waals surface area contributed by atoms with E-state index in [4.69, 9.17) is 9.47 Å². The van der Waals surface area contributed by atoms with Gasteiger partial charge in [0.2, 0.25) is 0 Å². The monoisotopic (exact) mass is 320 g/mol. The maximum absolute atomic E-state index is 12.2. The summed E-state index contributed by atoms with van der Waals surface area (Å²) < 4.78 is 11.0. The zero-order valence-electron chi connectivity index (χ0n) is 14.5. The predicted octanol–water partition coefficient (Wildman–Crippen LogP) is 2.26. The molecule has 1 aliphatic heterocycles. The van der Waals surface area contributed by atoms with Gasteiger partial charge in [0.15, 0.2) is 6.61 Å². The van der Waals surface area contributed by atoms with Crippen molar-refractivity contribution in [1.29, 1.82) is 0 Å². The Balaban J connectivity index is 1.73. The number of nitrogens with zero attached hydrogens (tertiary/aromatic N) is 2. The lowest BCUT2D eigenvalue weighted by Gasteiger charge is -2.35. The fourth-order valence-corrected chi connectivity index (χ4v) is 2.73. The standard InChI is InChI=1S/C18H28N2O3/c1-4-22-16-5-7-17(8-6-16)23-14-18(21)20-11-9-19(10-12-20)13-15(2)3/h5-8,15H,4,9-14H2,1-3H3. The molecule has 23 heavy (non-hydrogen) atoms. The molecule has 0 saturated carbocycles. The summed E-state index contributed by atoms with van der Waals surface area (Å²) in [6, 6.07) is 7.37. The highest BCUT2D eigenvalue weighted by Crippen LogP contribution is 2.17. The molecule has 0 spiro atoms. The van der Waals surface area contributed by atoms with Crippen molar-refractivity contribution in [2.24, 2.45) is 5.92 Å². The summed E-state index contributed by atoms with van der Waals surface area (Å²) in [5, 5.41) is 0. The number of amides is 1. The van der Waals surface area contributed by atoms with Gasteiger partial charge in [-0.25, -0.2) is 0 Å². The molecule has 0 bridgehead atoms. The van der Waals surface area contributed by atoms with E-state index in [2.05, 4.69) is 18.7 Å². The van der Waals surface area contributed by atoms with Gasteiger partial charge in [0.05, 0.1) is 6.61 Å². The number of benzene rings is 1. The normalized spacial score (nSPS) is 15.7. The Labute approximate surface area is 139 Å². The van der Waals surface area contributed by atoms with Gasteiger partial charge < -0.3 is 14.4 Å². The summed E-state index contributed by atoms with van der Waals surface area (Å²) >= 11 is 0. The number of piperazine rings is 1. The minimum Gasteiger partial charge on any atom is -0.494 e. The summed E-state index contributed by atoms with van der Waals surface area (Å²) in [4.78, 5) is 16.5. The first kappa shape index (κ1) is 17.6. The minimum absolute atomic E-state index is 0.0584. The van der Waals surface area contributed by atoms with E-state index in [1.54, 1.807) is 0 Å². The van der Waals surface area contributed by atoms with Gasteiger partial charge in [-0.05, 0) is 37.1 Å². The molecule has 0 atom stereocenters. The van der Waals surface area contributed by atoms with Gasteiger partial charge in [0.25, 0.3) is 5.91 Å². The fraction of sp³-hybridized carbons (Fsp3) is 0.611. The molecule has 2 rings (SSSR count). The third kappa shape index (κ3) is 5.75. The molecule has 0 aliphatic carbocycles. The van der Waals surface area contributed by atoms with Crippen LogP contribution in [0.25, 0.3) is 0 Å². The van der Waals surface area contributed by atoms with Crippen LogP contribution in [0.4, 0.5) is 0 Å². The molecule has 0 unspecified atom stereocenters. The molecule has 128 valence electrons.